The number of nitrogens with zero attached hydrogens (tertiary/aromatic N) is 1. The summed E-state index contributed by atoms with van der Waals surface area (Å²) in [5.41, 5.74) is 3.06. The van der Waals surface area contributed by atoms with Gasteiger partial charge in [-0.1, -0.05) is 31.5 Å². The Bertz CT molecular complexity index is 388. The summed E-state index contributed by atoms with van der Waals surface area (Å²) in [5, 5.41) is 0. The molecule has 0 radical (unpaired) electrons. The molecule has 1 aromatic carbocycles. The Kier molecular flexibility index (Phi) is 2.64. The molecule has 1 aliphatic heterocycles. The number of hydrogen-bond donors (Lipinski definition) is 0. The minimum absolute atomic E-state index is 0.199. The molecule has 0 fully saturated rings. The zero-order valence-corrected chi connectivity index (χ0v) is 9.96. The van der Waals surface area contributed by atoms with Crippen molar-refractivity contribution in [3.05, 3.63) is 29.8 Å². The highest BCUT2D eigenvalue weighted by Crippen LogP contribution is 2.35. The average Bonchev–Trinajstić information content (AvgIpc) is 2.49. The Hall–Kier alpha value is -1.11. The maximum absolute atomic E-state index is 2.42. The quantitative estimate of drug-likeness (QED) is 0.660. The van der Waals surface area contributed by atoms with E-state index in [9.17, 15) is 0 Å². The molecule has 0 saturated heterocycles. The summed E-state index contributed by atoms with van der Waals surface area (Å²) in [6, 6.07) is 8.75. The highest BCUT2D eigenvalue weighted by atomic mass is 15.0. The molecule has 80 valence electrons. The molecule has 0 spiro atoms. The Balaban J connectivity index is 2.35. The van der Waals surface area contributed by atoms with Crippen molar-refractivity contribution in [1.82, 2.24) is 0 Å². The van der Waals surface area contributed by atoms with Crippen LogP contribution in [0.25, 0.3) is 0 Å². The van der Waals surface area contributed by atoms with Gasteiger partial charge in [0.15, 0.2) is 6.21 Å². The van der Waals surface area contributed by atoms with Gasteiger partial charge in [-0.15, -0.1) is 0 Å². The van der Waals surface area contributed by atoms with Gasteiger partial charge < -0.3 is 0 Å². The number of para-hydroxylation sites is 1. The third-order valence-corrected chi connectivity index (χ3v) is 3.14. The van der Waals surface area contributed by atoms with Crippen LogP contribution in [0.1, 0.15) is 39.2 Å². The number of fused-ring (bicyclic) bond motifs is 1. The van der Waals surface area contributed by atoms with Gasteiger partial charge in [0.1, 0.15) is 6.54 Å². The van der Waals surface area contributed by atoms with Crippen LogP contribution in [0.2, 0.25) is 0 Å². The minimum atomic E-state index is 0.199. The molecular formula is C14H20N+. The van der Waals surface area contributed by atoms with E-state index in [0.29, 0.717) is 0 Å². The van der Waals surface area contributed by atoms with E-state index in [1.54, 1.807) is 0 Å². The minimum Gasteiger partial charge on any atom is -0.202 e. The highest BCUT2D eigenvalue weighted by molar-refractivity contribution is 5.76. The van der Waals surface area contributed by atoms with Crippen molar-refractivity contribution in [2.45, 2.75) is 39.0 Å². The predicted molar refractivity (Wildman–Crippen MR) is 65.2 cm³/mol. The Morgan fingerprint density at radius 1 is 1.20 bits per heavy atom. The fourth-order valence-corrected chi connectivity index (χ4v) is 2.31. The van der Waals surface area contributed by atoms with E-state index in [0.717, 1.165) is 6.54 Å². The average molecular weight is 202 g/mol. The maximum Gasteiger partial charge on any atom is 0.209 e. The molecule has 0 amide bonds. The molecular weight excluding hydrogens is 182 g/mol. The van der Waals surface area contributed by atoms with Gasteiger partial charge in [-0.3, -0.25) is 0 Å². The van der Waals surface area contributed by atoms with Gasteiger partial charge in [0.2, 0.25) is 5.69 Å². The van der Waals surface area contributed by atoms with E-state index < -0.39 is 0 Å². The van der Waals surface area contributed by atoms with Gasteiger partial charge in [-0.05, 0) is 13.8 Å². The van der Waals surface area contributed by atoms with E-state index in [4.69, 9.17) is 0 Å². The zero-order chi connectivity index (χ0) is 10.9. The van der Waals surface area contributed by atoms with Crippen molar-refractivity contribution in [2.75, 3.05) is 6.54 Å². The van der Waals surface area contributed by atoms with Gasteiger partial charge in [-0.2, -0.15) is 0 Å². The lowest BCUT2D eigenvalue weighted by molar-refractivity contribution is -0.434. The van der Waals surface area contributed by atoms with Crippen molar-refractivity contribution in [1.29, 1.82) is 0 Å². The van der Waals surface area contributed by atoms with Crippen LogP contribution in [0.4, 0.5) is 5.69 Å². The van der Waals surface area contributed by atoms with Gasteiger partial charge >= 0.3 is 0 Å². The zero-order valence-electron chi connectivity index (χ0n) is 9.96. The molecule has 0 N–H and O–H groups in total. The first-order valence-electron chi connectivity index (χ1n) is 5.87. The standard InChI is InChI=1S/C14H20N/c1-4-5-10-15-11-14(2,3)12-8-6-7-9-13(12)15/h6-9,11H,4-5,10H2,1-3H3/q+1. The molecule has 2 rings (SSSR count). The van der Waals surface area contributed by atoms with Crippen molar-refractivity contribution in [2.24, 2.45) is 0 Å². The summed E-state index contributed by atoms with van der Waals surface area (Å²) in [6.45, 7) is 7.97. The van der Waals surface area contributed by atoms with Crippen LogP contribution in [0.15, 0.2) is 24.3 Å². The Labute approximate surface area is 92.5 Å². The third kappa shape index (κ3) is 1.83. The van der Waals surface area contributed by atoms with Crippen LogP contribution < -0.4 is 0 Å². The predicted octanol–water partition coefficient (Wildman–Crippen LogP) is 3.49. The molecule has 0 aromatic heterocycles. The topological polar surface area (TPSA) is 3.01 Å². The number of benzene rings is 1. The SMILES string of the molecule is CCCC[N+]1=CC(C)(C)c2ccccc21. The molecule has 0 unspecified atom stereocenters. The first-order valence-corrected chi connectivity index (χ1v) is 5.87. The van der Waals surface area contributed by atoms with Crippen molar-refractivity contribution in [3.8, 4) is 0 Å². The fraction of sp³-hybridized carbons (Fsp3) is 0.500. The Morgan fingerprint density at radius 2 is 1.93 bits per heavy atom. The first-order chi connectivity index (χ1) is 7.15. The molecule has 1 heteroatoms. The van der Waals surface area contributed by atoms with Gasteiger partial charge in [0, 0.05) is 18.1 Å². The van der Waals surface area contributed by atoms with E-state index in [2.05, 4.69) is 55.8 Å². The fourth-order valence-electron chi connectivity index (χ4n) is 2.31. The number of unbranched alkanes of at least 4 members (excludes halogenated alkanes) is 1. The molecule has 1 heterocycles. The molecule has 1 aromatic rings. The molecule has 0 aliphatic carbocycles. The smallest absolute Gasteiger partial charge is 0.202 e. The first kappa shape index (κ1) is 10.4. The van der Waals surface area contributed by atoms with Gasteiger partial charge in [-0.25, -0.2) is 4.58 Å². The monoisotopic (exact) mass is 202 g/mol. The second-order valence-corrected chi connectivity index (χ2v) is 4.91. The highest BCUT2D eigenvalue weighted by Gasteiger charge is 2.36. The lowest BCUT2D eigenvalue weighted by Crippen LogP contribution is -2.16. The summed E-state index contributed by atoms with van der Waals surface area (Å²) < 4.78 is 2.42. The molecule has 1 nitrogen and oxygen atoms in total. The third-order valence-electron chi connectivity index (χ3n) is 3.14. The van der Waals surface area contributed by atoms with Crippen LogP contribution in [-0.2, 0) is 5.41 Å². The van der Waals surface area contributed by atoms with Crippen molar-refractivity contribution < 1.29 is 4.58 Å². The molecule has 0 bridgehead atoms. The largest absolute Gasteiger partial charge is 0.209 e. The lowest BCUT2D eigenvalue weighted by atomic mass is 9.87. The summed E-state index contributed by atoms with van der Waals surface area (Å²) in [5.74, 6) is 0. The number of hydrogen-bond acceptors (Lipinski definition) is 0. The summed E-state index contributed by atoms with van der Waals surface area (Å²) in [7, 11) is 0. The summed E-state index contributed by atoms with van der Waals surface area (Å²) >= 11 is 0. The van der Waals surface area contributed by atoms with Crippen LogP contribution >= 0.6 is 0 Å². The van der Waals surface area contributed by atoms with Crippen molar-refractivity contribution >= 4 is 11.9 Å². The summed E-state index contributed by atoms with van der Waals surface area (Å²) in [4.78, 5) is 0. The van der Waals surface area contributed by atoms with E-state index in [-0.39, 0.29) is 5.41 Å². The Morgan fingerprint density at radius 3 is 2.67 bits per heavy atom. The van der Waals surface area contributed by atoms with E-state index >= 15 is 0 Å². The van der Waals surface area contributed by atoms with Crippen molar-refractivity contribution in [3.63, 3.8) is 0 Å². The van der Waals surface area contributed by atoms with Gasteiger partial charge in [0.05, 0.1) is 5.41 Å². The molecule has 1 aliphatic rings. The molecule has 0 atom stereocenters. The molecule has 0 saturated carbocycles. The van der Waals surface area contributed by atoms with E-state index in [1.165, 1.54) is 24.1 Å². The number of rotatable bonds is 3. The second kappa shape index (κ2) is 3.80. The van der Waals surface area contributed by atoms with E-state index in [1.807, 2.05) is 0 Å². The van der Waals surface area contributed by atoms with Crippen LogP contribution in [-0.4, -0.2) is 17.3 Å². The second-order valence-electron chi connectivity index (χ2n) is 4.91. The molecule has 15 heavy (non-hydrogen) atoms. The van der Waals surface area contributed by atoms with Gasteiger partial charge in [0.25, 0.3) is 0 Å². The lowest BCUT2D eigenvalue weighted by Gasteiger charge is -2.09. The maximum atomic E-state index is 2.42. The van der Waals surface area contributed by atoms with Crippen LogP contribution in [0, 0.1) is 0 Å². The van der Waals surface area contributed by atoms with Crippen LogP contribution in [0.5, 0.6) is 0 Å². The normalized spacial score (nSPS) is 17.4. The summed E-state index contributed by atoms with van der Waals surface area (Å²) in [6.07, 6.45) is 4.89. The van der Waals surface area contributed by atoms with Crippen LogP contribution in [0.3, 0.4) is 0 Å².